The first-order valence-electron chi connectivity index (χ1n) is 11.6. The number of piperazine rings is 1. The topological polar surface area (TPSA) is 69.7 Å². The molecule has 7 heteroatoms. The Morgan fingerprint density at radius 2 is 1.47 bits per heavy atom. The number of nitrogens with one attached hydrogen (secondary N) is 1. The molecule has 0 saturated carbocycles. The molecule has 178 valence electrons. The number of aryl methyl sites for hydroxylation is 2. The third-order valence-corrected chi connectivity index (χ3v) is 7.54. The molecule has 0 radical (unpaired) electrons. The molecule has 0 aliphatic carbocycles. The smallest absolute Gasteiger partial charge is 0.261 e. The highest BCUT2D eigenvalue weighted by Gasteiger charge is 2.21. The molecule has 1 fully saturated rings. The van der Waals surface area contributed by atoms with Gasteiger partial charge in [0.05, 0.1) is 4.90 Å². The summed E-state index contributed by atoms with van der Waals surface area (Å²) in [6.07, 6.45) is 1.02. The van der Waals surface area contributed by atoms with Crippen LogP contribution in [0.5, 0.6) is 0 Å². The van der Waals surface area contributed by atoms with Gasteiger partial charge >= 0.3 is 0 Å². The van der Waals surface area contributed by atoms with Gasteiger partial charge < -0.3 is 4.90 Å². The lowest BCUT2D eigenvalue weighted by atomic mass is 10.1. The van der Waals surface area contributed by atoms with Crippen LogP contribution >= 0.6 is 0 Å². The third-order valence-electron chi connectivity index (χ3n) is 6.14. The van der Waals surface area contributed by atoms with E-state index in [9.17, 15) is 13.2 Å². The van der Waals surface area contributed by atoms with Gasteiger partial charge in [0.1, 0.15) is 0 Å². The van der Waals surface area contributed by atoms with Crippen molar-refractivity contribution < 1.29 is 13.2 Å². The fraction of sp³-hybridized carbons (Fsp3) is 0.296. The van der Waals surface area contributed by atoms with E-state index in [0.717, 1.165) is 43.9 Å². The lowest BCUT2D eigenvalue weighted by Crippen LogP contribution is -2.48. The van der Waals surface area contributed by atoms with Crippen molar-refractivity contribution in [3.05, 3.63) is 95.6 Å². The van der Waals surface area contributed by atoms with E-state index in [-0.39, 0.29) is 10.8 Å². The summed E-state index contributed by atoms with van der Waals surface area (Å²) in [4.78, 5) is 17.2. The van der Waals surface area contributed by atoms with Gasteiger partial charge in [-0.1, -0.05) is 60.2 Å². The number of carbonyl (C=O) groups excluding carboxylic acids is 1. The molecule has 1 N–H and O–H groups in total. The standard InChI is InChI=1S/C27H31N3O3S/c1-22-7-12-25(13-8-22)28-34(32,33)26-14-9-23(10-15-26)11-16-27(31)30-19-17-29(18-20-30)21-24-5-3-2-4-6-24/h2-10,12-15,28H,11,16-21H2,1H3. The number of nitrogens with zero attached hydrogens (tertiary/aromatic N) is 2. The van der Waals surface area contributed by atoms with Crippen LogP contribution in [0.25, 0.3) is 0 Å². The second-order valence-corrected chi connectivity index (χ2v) is 10.4. The summed E-state index contributed by atoms with van der Waals surface area (Å²) in [6, 6.07) is 24.4. The number of benzene rings is 3. The first-order valence-corrected chi connectivity index (χ1v) is 13.1. The molecule has 1 amide bonds. The maximum Gasteiger partial charge on any atom is 0.261 e. The number of anilines is 1. The molecule has 0 atom stereocenters. The van der Waals surface area contributed by atoms with Crippen LogP contribution in [0.4, 0.5) is 5.69 Å². The second-order valence-electron chi connectivity index (χ2n) is 8.76. The van der Waals surface area contributed by atoms with Gasteiger partial charge in [-0.3, -0.25) is 14.4 Å². The van der Waals surface area contributed by atoms with Gasteiger partial charge in [0.2, 0.25) is 5.91 Å². The van der Waals surface area contributed by atoms with Gasteiger partial charge in [0, 0.05) is 44.8 Å². The molecule has 0 aromatic heterocycles. The predicted molar refractivity (Wildman–Crippen MR) is 135 cm³/mol. The normalized spacial score (nSPS) is 14.7. The Kier molecular flexibility index (Phi) is 7.65. The zero-order valence-electron chi connectivity index (χ0n) is 19.5. The molecule has 3 aromatic carbocycles. The van der Waals surface area contributed by atoms with Crippen molar-refractivity contribution in [2.75, 3.05) is 30.9 Å². The maximum absolute atomic E-state index is 12.7. The SMILES string of the molecule is Cc1ccc(NS(=O)(=O)c2ccc(CCC(=O)N3CCN(Cc4ccccc4)CC3)cc2)cc1. The van der Waals surface area contributed by atoms with Gasteiger partial charge in [-0.15, -0.1) is 0 Å². The highest BCUT2D eigenvalue weighted by atomic mass is 32.2. The number of hydrogen-bond acceptors (Lipinski definition) is 4. The van der Waals surface area contributed by atoms with E-state index in [2.05, 4.69) is 33.9 Å². The summed E-state index contributed by atoms with van der Waals surface area (Å²) in [5.41, 5.74) is 3.84. The predicted octanol–water partition coefficient (Wildman–Crippen LogP) is 4.07. The van der Waals surface area contributed by atoms with Crippen LogP contribution in [0.1, 0.15) is 23.1 Å². The van der Waals surface area contributed by atoms with E-state index in [0.29, 0.717) is 18.5 Å². The first kappa shape index (κ1) is 24.0. The summed E-state index contributed by atoms with van der Waals surface area (Å²) in [5.74, 6) is 0.150. The van der Waals surface area contributed by atoms with Crippen molar-refractivity contribution >= 4 is 21.6 Å². The third kappa shape index (κ3) is 6.46. The molecular weight excluding hydrogens is 446 g/mol. The second kappa shape index (κ2) is 10.8. The van der Waals surface area contributed by atoms with Crippen molar-refractivity contribution in [1.82, 2.24) is 9.80 Å². The Morgan fingerprint density at radius 1 is 0.824 bits per heavy atom. The average Bonchev–Trinajstić information content (AvgIpc) is 2.85. The Bertz CT molecular complexity index is 1190. The fourth-order valence-corrected chi connectivity index (χ4v) is 5.14. The van der Waals surface area contributed by atoms with Gasteiger partial charge in [-0.2, -0.15) is 0 Å². The van der Waals surface area contributed by atoms with E-state index >= 15 is 0 Å². The summed E-state index contributed by atoms with van der Waals surface area (Å²) < 4.78 is 27.9. The Hall–Kier alpha value is -3.16. The number of sulfonamides is 1. The molecular formula is C27H31N3O3S. The van der Waals surface area contributed by atoms with Crippen LogP contribution < -0.4 is 4.72 Å². The van der Waals surface area contributed by atoms with E-state index in [1.54, 1.807) is 36.4 Å². The number of rotatable bonds is 8. The quantitative estimate of drug-likeness (QED) is 0.531. The molecule has 1 heterocycles. The van der Waals surface area contributed by atoms with Crippen molar-refractivity contribution in [2.24, 2.45) is 0 Å². The maximum atomic E-state index is 12.7. The van der Waals surface area contributed by atoms with Gasteiger partial charge in [-0.25, -0.2) is 8.42 Å². The zero-order chi connectivity index (χ0) is 24.0. The summed E-state index contributed by atoms with van der Waals surface area (Å²) in [5, 5.41) is 0. The van der Waals surface area contributed by atoms with Gasteiger partial charge in [-0.05, 0) is 48.7 Å². The van der Waals surface area contributed by atoms with E-state index in [1.165, 1.54) is 5.56 Å². The summed E-state index contributed by atoms with van der Waals surface area (Å²) in [6.45, 7) is 6.11. The highest BCUT2D eigenvalue weighted by molar-refractivity contribution is 7.92. The van der Waals surface area contributed by atoms with Gasteiger partial charge in [0.25, 0.3) is 10.0 Å². The number of hydrogen-bond donors (Lipinski definition) is 1. The minimum absolute atomic E-state index is 0.150. The van der Waals surface area contributed by atoms with Crippen molar-refractivity contribution in [2.45, 2.75) is 31.2 Å². The van der Waals surface area contributed by atoms with Crippen molar-refractivity contribution in [3.63, 3.8) is 0 Å². The molecule has 1 aliphatic heterocycles. The molecule has 6 nitrogen and oxygen atoms in total. The number of amides is 1. The van der Waals surface area contributed by atoms with Crippen LogP contribution in [0.15, 0.2) is 83.8 Å². The van der Waals surface area contributed by atoms with E-state index in [1.807, 2.05) is 30.0 Å². The lowest BCUT2D eigenvalue weighted by molar-refractivity contribution is -0.133. The average molecular weight is 478 g/mol. The molecule has 34 heavy (non-hydrogen) atoms. The summed E-state index contributed by atoms with van der Waals surface area (Å²) in [7, 11) is -3.65. The van der Waals surface area contributed by atoms with Crippen molar-refractivity contribution in [1.29, 1.82) is 0 Å². The van der Waals surface area contributed by atoms with E-state index in [4.69, 9.17) is 0 Å². The first-order chi connectivity index (χ1) is 16.4. The lowest BCUT2D eigenvalue weighted by Gasteiger charge is -2.34. The Labute approximate surface area is 202 Å². The highest BCUT2D eigenvalue weighted by Crippen LogP contribution is 2.18. The van der Waals surface area contributed by atoms with Crippen molar-refractivity contribution in [3.8, 4) is 0 Å². The zero-order valence-corrected chi connectivity index (χ0v) is 20.3. The van der Waals surface area contributed by atoms with Crippen LogP contribution in [0.3, 0.4) is 0 Å². The molecule has 0 bridgehead atoms. The van der Waals surface area contributed by atoms with Crippen LogP contribution in [0.2, 0.25) is 0 Å². The molecule has 3 aromatic rings. The Morgan fingerprint density at radius 3 is 2.12 bits per heavy atom. The monoisotopic (exact) mass is 477 g/mol. The minimum Gasteiger partial charge on any atom is -0.340 e. The fourth-order valence-electron chi connectivity index (χ4n) is 4.08. The number of carbonyl (C=O) groups is 1. The van der Waals surface area contributed by atoms with Gasteiger partial charge in [0.15, 0.2) is 0 Å². The van der Waals surface area contributed by atoms with E-state index < -0.39 is 10.0 Å². The molecule has 1 saturated heterocycles. The molecule has 0 spiro atoms. The molecule has 0 unspecified atom stereocenters. The van der Waals surface area contributed by atoms with Crippen LogP contribution in [-0.2, 0) is 27.8 Å². The minimum atomic E-state index is -3.65. The molecule has 4 rings (SSSR count). The van der Waals surface area contributed by atoms with Crippen LogP contribution in [0, 0.1) is 6.92 Å². The largest absolute Gasteiger partial charge is 0.340 e. The summed E-state index contributed by atoms with van der Waals surface area (Å²) >= 11 is 0. The Balaban J connectivity index is 1.24. The molecule has 1 aliphatic rings. The van der Waals surface area contributed by atoms with Crippen LogP contribution in [-0.4, -0.2) is 50.3 Å².